The molecule has 1 aromatic rings. The summed E-state index contributed by atoms with van der Waals surface area (Å²) in [5, 5.41) is 3.38. The van der Waals surface area contributed by atoms with Crippen LogP contribution in [-0.2, 0) is 29.5 Å². The summed E-state index contributed by atoms with van der Waals surface area (Å²) < 4.78 is 6.27. The Hall–Kier alpha value is -2.34. The Balaban J connectivity index is 1.14. The Labute approximate surface area is 244 Å². The number of esters is 1. The van der Waals surface area contributed by atoms with Crippen molar-refractivity contribution in [2.75, 3.05) is 13.1 Å². The van der Waals surface area contributed by atoms with Crippen LogP contribution in [0.4, 0.5) is 0 Å². The summed E-state index contributed by atoms with van der Waals surface area (Å²) >= 11 is 0. The van der Waals surface area contributed by atoms with Crippen LogP contribution in [0.25, 0.3) is 0 Å². The maximum atomic E-state index is 14.1. The van der Waals surface area contributed by atoms with Gasteiger partial charge in [-0.25, -0.2) is 0 Å². The zero-order valence-corrected chi connectivity index (χ0v) is 25.1. The van der Waals surface area contributed by atoms with Gasteiger partial charge in [0, 0.05) is 56.3 Å². The molecule has 4 aliphatic carbocycles. The van der Waals surface area contributed by atoms with Gasteiger partial charge < -0.3 is 10.1 Å². The molecule has 6 nitrogen and oxygen atoms in total. The number of nitrogens with one attached hydrogen (secondary N) is 1. The molecular formula is C35H47NO5. The molecule has 0 unspecified atom stereocenters. The molecule has 41 heavy (non-hydrogen) atoms. The van der Waals surface area contributed by atoms with Gasteiger partial charge in [0.05, 0.1) is 0 Å². The van der Waals surface area contributed by atoms with Crippen LogP contribution in [0.1, 0.15) is 97.0 Å². The topological polar surface area (TPSA) is 89.5 Å². The second-order valence-corrected chi connectivity index (χ2v) is 14.5. The van der Waals surface area contributed by atoms with E-state index in [2.05, 4.69) is 38.2 Å². The average molecular weight is 562 g/mol. The van der Waals surface area contributed by atoms with Gasteiger partial charge in [0.25, 0.3) is 0 Å². The summed E-state index contributed by atoms with van der Waals surface area (Å²) in [5.74, 6) is 1.24. The molecule has 1 aromatic carbocycles. The lowest BCUT2D eigenvalue weighted by molar-refractivity contribution is -0.166. The van der Waals surface area contributed by atoms with Crippen molar-refractivity contribution in [3.05, 3.63) is 35.9 Å². The summed E-state index contributed by atoms with van der Waals surface area (Å²) in [7, 11) is 0. The van der Waals surface area contributed by atoms with E-state index in [-0.39, 0.29) is 52.7 Å². The third kappa shape index (κ3) is 4.73. The van der Waals surface area contributed by atoms with E-state index in [1.807, 2.05) is 18.2 Å². The van der Waals surface area contributed by atoms with Crippen molar-refractivity contribution in [2.24, 2.45) is 46.3 Å². The smallest absolute Gasteiger partial charge is 0.306 e. The number of benzene rings is 1. The fourth-order valence-corrected chi connectivity index (χ4v) is 10.2. The van der Waals surface area contributed by atoms with Gasteiger partial charge in [0.2, 0.25) is 0 Å². The molecule has 5 aliphatic rings. The van der Waals surface area contributed by atoms with Crippen molar-refractivity contribution in [3.8, 4) is 0 Å². The van der Waals surface area contributed by atoms with Crippen LogP contribution in [0.3, 0.4) is 0 Å². The first kappa shape index (κ1) is 28.8. The van der Waals surface area contributed by atoms with Gasteiger partial charge in [-0.1, -0.05) is 51.1 Å². The number of hydrogen-bond donors (Lipinski definition) is 1. The molecule has 1 N–H and O–H groups in total. The molecule has 8 atom stereocenters. The first-order chi connectivity index (χ1) is 19.6. The van der Waals surface area contributed by atoms with E-state index >= 15 is 0 Å². The molecule has 0 amide bonds. The molecule has 6 heteroatoms. The predicted molar refractivity (Wildman–Crippen MR) is 156 cm³/mol. The van der Waals surface area contributed by atoms with Crippen LogP contribution in [0.2, 0.25) is 0 Å². The zero-order chi connectivity index (χ0) is 29.0. The van der Waals surface area contributed by atoms with E-state index in [1.54, 1.807) is 0 Å². The minimum atomic E-state index is -0.579. The van der Waals surface area contributed by atoms with Gasteiger partial charge >= 0.3 is 5.97 Å². The molecular weight excluding hydrogens is 514 g/mol. The number of carbonyl (C=O) groups is 4. The molecule has 0 bridgehead atoms. The van der Waals surface area contributed by atoms with Crippen molar-refractivity contribution in [1.82, 2.24) is 5.32 Å². The summed E-state index contributed by atoms with van der Waals surface area (Å²) in [6, 6.07) is 10.1. The van der Waals surface area contributed by atoms with Gasteiger partial charge in [-0.15, -0.1) is 0 Å². The molecule has 1 heterocycles. The van der Waals surface area contributed by atoms with Gasteiger partial charge in [0.1, 0.15) is 23.0 Å². The van der Waals surface area contributed by atoms with Crippen molar-refractivity contribution in [2.45, 2.75) is 97.0 Å². The van der Waals surface area contributed by atoms with Crippen LogP contribution < -0.4 is 5.32 Å². The Morgan fingerprint density at radius 2 is 1.71 bits per heavy atom. The molecule has 1 saturated heterocycles. The van der Waals surface area contributed by atoms with Crippen LogP contribution in [-0.4, -0.2) is 36.4 Å². The maximum Gasteiger partial charge on any atom is 0.306 e. The van der Waals surface area contributed by atoms with Crippen LogP contribution in [0.15, 0.2) is 30.3 Å². The van der Waals surface area contributed by atoms with E-state index in [1.165, 1.54) is 0 Å². The second-order valence-electron chi connectivity index (χ2n) is 14.5. The van der Waals surface area contributed by atoms with E-state index in [9.17, 15) is 19.2 Å². The lowest BCUT2D eigenvalue weighted by atomic mass is 9.44. The van der Waals surface area contributed by atoms with Gasteiger partial charge in [-0.3, -0.25) is 19.2 Å². The second kappa shape index (κ2) is 10.7. The SMILES string of the molecule is C[C@H](CCC(=O)OC1(c2ccccc2)CCNCC1)[C@H]1CC[C@H]2[C@@H]3C(=O)C[C@@H]4CC(=O)CC[C@]4(C)[C@H]3CC(=O)[C@]12C. The van der Waals surface area contributed by atoms with E-state index in [0.29, 0.717) is 50.1 Å². The molecule has 0 aromatic heterocycles. The molecule has 0 radical (unpaired) electrons. The number of Topliss-reactive ketones (excluding diaryl/α,β-unsaturated/α-hetero) is 3. The number of ketones is 3. The fraction of sp³-hybridized carbons (Fsp3) is 0.714. The lowest BCUT2D eigenvalue weighted by Gasteiger charge is -2.58. The third-order valence-electron chi connectivity index (χ3n) is 12.7. The molecule has 222 valence electrons. The Morgan fingerprint density at radius 3 is 2.44 bits per heavy atom. The van der Waals surface area contributed by atoms with Crippen molar-refractivity contribution in [3.63, 3.8) is 0 Å². The normalized spacial score (nSPS) is 38.9. The Bertz CT molecular complexity index is 1200. The number of piperidine rings is 1. The highest BCUT2D eigenvalue weighted by Crippen LogP contribution is 2.66. The molecule has 4 saturated carbocycles. The predicted octanol–water partition coefficient (Wildman–Crippen LogP) is 5.81. The number of hydrogen-bond acceptors (Lipinski definition) is 6. The number of fused-ring (bicyclic) bond motifs is 5. The molecule has 5 fully saturated rings. The molecule has 1 aliphatic heterocycles. The summed E-state index contributed by atoms with van der Waals surface area (Å²) in [6.07, 6.45) is 7.23. The Morgan fingerprint density at radius 1 is 0.976 bits per heavy atom. The van der Waals surface area contributed by atoms with Crippen molar-refractivity contribution in [1.29, 1.82) is 0 Å². The first-order valence-corrected chi connectivity index (χ1v) is 16.1. The highest BCUT2D eigenvalue weighted by atomic mass is 16.6. The number of carbonyl (C=O) groups excluding carboxylic acids is 4. The minimum Gasteiger partial charge on any atom is -0.454 e. The summed E-state index contributed by atoms with van der Waals surface area (Å²) in [6.45, 7) is 8.22. The van der Waals surface area contributed by atoms with Gasteiger partial charge in [-0.05, 0) is 79.3 Å². The third-order valence-corrected chi connectivity index (χ3v) is 12.7. The quantitative estimate of drug-likeness (QED) is 0.441. The minimum absolute atomic E-state index is 0.0654. The fourth-order valence-electron chi connectivity index (χ4n) is 10.2. The van der Waals surface area contributed by atoms with E-state index in [4.69, 9.17) is 4.74 Å². The largest absolute Gasteiger partial charge is 0.454 e. The first-order valence-electron chi connectivity index (χ1n) is 16.1. The Kier molecular flexibility index (Phi) is 7.53. The van der Waals surface area contributed by atoms with E-state index in [0.717, 1.165) is 50.8 Å². The number of rotatable bonds is 6. The highest BCUT2D eigenvalue weighted by molar-refractivity contribution is 5.93. The lowest BCUT2D eigenvalue weighted by Crippen LogP contribution is -2.60. The highest BCUT2D eigenvalue weighted by Gasteiger charge is 2.66. The number of ether oxygens (including phenoxy) is 1. The maximum absolute atomic E-state index is 14.1. The van der Waals surface area contributed by atoms with Crippen molar-refractivity contribution < 1.29 is 23.9 Å². The van der Waals surface area contributed by atoms with Crippen LogP contribution in [0.5, 0.6) is 0 Å². The van der Waals surface area contributed by atoms with Crippen LogP contribution in [0, 0.1) is 46.3 Å². The monoisotopic (exact) mass is 561 g/mol. The van der Waals surface area contributed by atoms with Crippen molar-refractivity contribution >= 4 is 23.3 Å². The summed E-state index contributed by atoms with van der Waals surface area (Å²) in [5.41, 5.74) is -0.133. The summed E-state index contributed by atoms with van der Waals surface area (Å²) in [4.78, 5) is 53.3. The molecule has 6 rings (SSSR count). The average Bonchev–Trinajstić information content (AvgIpc) is 3.32. The van der Waals surface area contributed by atoms with Gasteiger partial charge in [0.15, 0.2) is 0 Å². The zero-order valence-electron chi connectivity index (χ0n) is 25.1. The van der Waals surface area contributed by atoms with Crippen LogP contribution >= 0.6 is 0 Å². The molecule has 0 spiro atoms. The van der Waals surface area contributed by atoms with Gasteiger partial charge in [-0.2, -0.15) is 0 Å². The van der Waals surface area contributed by atoms with E-state index < -0.39 is 11.0 Å². The standard InChI is InChI=1S/C35H47NO5/c1-22(9-12-31(40)41-35(15-17-36-18-16-35)23-7-5-4-6-8-23)26-10-11-27-32-28(21-30(39)34(26,27)3)33(2)14-13-25(37)19-24(33)20-29(32)38/h4-8,22,24,26-28,32,36H,9-21H2,1-3H3/t22-,24+,26-,27+,28+,32+,33+,34-/m1/s1.